The lowest BCUT2D eigenvalue weighted by Gasteiger charge is -2.23. The molecule has 2 aliphatic rings. The molecule has 1 unspecified atom stereocenters. The Morgan fingerprint density at radius 3 is 2.05 bits per heavy atom. The maximum atomic E-state index is 5.76. The van der Waals surface area contributed by atoms with Crippen molar-refractivity contribution < 1.29 is 4.74 Å². The van der Waals surface area contributed by atoms with Crippen molar-refractivity contribution in [3.8, 4) is 5.75 Å². The van der Waals surface area contributed by atoms with Crippen molar-refractivity contribution in [1.29, 1.82) is 0 Å². The lowest BCUT2D eigenvalue weighted by atomic mass is 10.0. The van der Waals surface area contributed by atoms with E-state index in [2.05, 4.69) is 50.4 Å². The van der Waals surface area contributed by atoms with Crippen molar-refractivity contribution in [2.75, 3.05) is 6.61 Å². The lowest BCUT2D eigenvalue weighted by Crippen LogP contribution is -2.35. The molecule has 1 N–H and O–H groups in total. The van der Waals surface area contributed by atoms with Crippen molar-refractivity contribution in [2.24, 2.45) is 17.8 Å². The Morgan fingerprint density at radius 1 is 1.00 bits per heavy atom. The third-order valence-corrected chi connectivity index (χ3v) is 4.67. The summed E-state index contributed by atoms with van der Waals surface area (Å²) in [6, 6.07) is 9.85. The Kier molecular flexibility index (Phi) is 4.54. The Bertz CT molecular complexity index is 433. The van der Waals surface area contributed by atoms with E-state index in [9.17, 15) is 0 Å². The second-order valence-electron chi connectivity index (χ2n) is 7.36. The highest BCUT2D eigenvalue weighted by molar-refractivity contribution is 5.29. The highest BCUT2D eigenvalue weighted by Gasteiger charge is 2.41. The lowest BCUT2D eigenvalue weighted by molar-refractivity contribution is 0.271. The average Bonchev–Trinajstić information content (AvgIpc) is 3.36. The van der Waals surface area contributed by atoms with Gasteiger partial charge in [0.05, 0.1) is 6.61 Å². The summed E-state index contributed by atoms with van der Waals surface area (Å²) in [5.74, 6) is 3.46. The summed E-state index contributed by atoms with van der Waals surface area (Å²) in [6.07, 6.45) is 5.73. The summed E-state index contributed by atoms with van der Waals surface area (Å²) < 4.78 is 5.76. The average molecular weight is 287 g/mol. The first-order valence-electron chi connectivity index (χ1n) is 8.62. The second-order valence-corrected chi connectivity index (χ2v) is 7.36. The fourth-order valence-electron chi connectivity index (χ4n) is 3.07. The molecular formula is C19H29NO. The quantitative estimate of drug-likeness (QED) is 0.756. The summed E-state index contributed by atoms with van der Waals surface area (Å²) in [4.78, 5) is 0. The molecule has 0 aromatic heterocycles. The first kappa shape index (κ1) is 14.9. The highest BCUT2D eigenvalue weighted by Crippen LogP contribution is 2.45. The van der Waals surface area contributed by atoms with E-state index in [0.29, 0.717) is 12.0 Å². The standard InChI is InChI=1S/C19H29NO/c1-13(2)12-21-18-10-8-15(9-11-18)14(3)20-19(16-4-5-16)17-6-7-17/h8-11,13-14,16-17,19-20H,4-7,12H2,1-3H3. The van der Waals surface area contributed by atoms with E-state index in [-0.39, 0.29) is 0 Å². The first-order chi connectivity index (χ1) is 10.1. The van der Waals surface area contributed by atoms with Gasteiger partial charge in [0.1, 0.15) is 5.75 Å². The smallest absolute Gasteiger partial charge is 0.119 e. The fourth-order valence-corrected chi connectivity index (χ4v) is 3.07. The molecule has 116 valence electrons. The van der Waals surface area contributed by atoms with Crippen molar-refractivity contribution in [3.63, 3.8) is 0 Å². The van der Waals surface area contributed by atoms with Crippen LogP contribution in [0.5, 0.6) is 5.75 Å². The molecule has 0 heterocycles. The predicted molar refractivity (Wildman–Crippen MR) is 87.6 cm³/mol. The van der Waals surface area contributed by atoms with E-state index in [1.54, 1.807) is 0 Å². The molecule has 3 rings (SSSR count). The van der Waals surface area contributed by atoms with E-state index >= 15 is 0 Å². The third kappa shape index (κ3) is 4.23. The van der Waals surface area contributed by atoms with Gasteiger partial charge in [-0.25, -0.2) is 0 Å². The molecule has 2 heteroatoms. The second kappa shape index (κ2) is 6.39. The molecule has 2 aliphatic carbocycles. The van der Waals surface area contributed by atoms with Gasteiger partial charge in [0.2, 0.25) is 0 Å². The van der Waals surface area contributed by atoms with Crippen LogP contribution in [-0.4, -0.2) is 12.6 Å². The van der Waals surface area contributed by atoms with Crippen molar-refractivity contribution in [3.05, 3.63) is 29.8 Å². The van der Waals surface area contributed by atoms with Crippen LogP contribution in [0, 0.1) is 17.8 Å². The van der Waals surface area contributed by atoms with Gasteiger partial charge in [0, 0.05) is 12.1 Å². The fraction of sp³-hybridized carbons (Fsp3) is 0.684. The molecule has 0 spiro atoms. The molecule has 0 bridgehead atoms. The topological polar surface area (TPSA) is 21.3 Å². The third-order valence-electron chi connectivity index (χ3n) is 4.67. The van der Waals surface area contributed by atoms with Crippen LogP contribution in [0.3, 0.4) is 0 Å². The minimum absolute atomic E-state index is 0.440. The Labute approximate surface area is 129 Å². The number of hydrogen-bond donors (Lipinski definition) is 1. The Hall–Kier alpha value is -1.02. The van der Waals surface area contributed by atoms with E-state index in [1.807, 2.05) is 0 Å². The van der Waals surface area contributed by atoms with Gasteiger partial charge in [-0.05, 0) is 68.1 Å². The van der Waals surface area contributed by atoms with Crippen LogP contribution < -0.4 is 10.1 Å². The molecule has 2 nitrogen and oxygen atoms in total. The van der Waals surface area contributed by atoms with Crippen molar-refractivity contribution in [2.45, 2.75) is 58.5 Å². The summed E-state index contributed by atoms with van der Waals surface area (Å²) in [7, 11) is 0. The zero-order chi connectivity index (χ0) is 14.8. The summed E-state index contributed by atoms with van der Waals surface area (Å²) >= 11 is 0. The zero-order valence-electron chi connectivity index (χ0n) is 13.6. The molecule has 0 amide bonds. The van der Waals surface area contributed by atoms with Gasteiger partial charge in [0.15, 0.2) is 0 Å². The summed E-state index contributed by atoms with van der Waals surface area (Å²) in [6.45, 7) is 7.44. The van der Waals surface area contributed by atoms with Crippen LogP contribution >= 0.6 is 0 Å². The maximum absolute atomic E-state index is 5.76. The van der Waals surface area contributed by atoms with E-state index in [1.165, 1.54) is 31.2 Å². The molecule has 0 aliphatic heterocycles. The molecule has 1 atom stereocenters. The normalized spacial score (nSPS) is 20.0. The number of hydrogen-bond acceptors (Lipinski definition) is 2. The van der Waals surface area contributed by atoms with Crippen LogP contribution in [0.1, 0.15) is 58.1 Å². The van der Waals surface area contributed by atoms with Gasteiger partial charge in [-0.3, -0.25) is 0 Å². The van der Waals surface area contributed by atoms with Gasteiger partial charge < -0.3 is 10.1 Å². The van der Waals surface area contributed by atoms with Crippen LogP contribution in [0.4, 0.5) is 0 Å². The Morgan fingerprint density at radius 2 is 1.57 bits per heavy atom. The van der Waals surface area contributed by atoms with E-state index in [0.717, 1.165) is 30.2 Å². The van der Waals surface area contributed by atoms with Crippen LogP contribution in [-0.2, 0) is 0 Å². The van der Waals surface area contributed by atoms with Gasteiger partial charge in [-0.2, -0.15) is 0 Å². The van der Waals surface area contributed by atoms with Gasteiger partial charge in [0.25, 0.3) is 0 Å². The molecule has 1 aromatic rings. The van der Waals surface area contributed by atoms with Gasteiger partial charge in [-0.1, -0.05) is 26.0 Å². The minimum Gasteiger partial charge on any atom is -0.493 e. The Balaban J connectivity index is 1.55. The number of nitrogens with one attached hydrogen (secondary N) is 1. The molecule has 1 aromatic carbocycles. The number of benzene rings is 1. The van der Waals surface area contributed by atoms with Crippen LogP contribution in [0.25, 0.3) is 0 Å². The molecule has 0 saturated heterocycles. The van der Waals surface area contributed by atoms with Gasteiger partial charge >= 0.3 is 0 Å². The van der Waals surface area contributed by atoms with E-state index in [4.69, 9.17) is 4.74 Å². The number of ether oxygens (including phenoxy) is 1. The highest BCUT2D eigenvalue weighted by atomic mass is 16.5. The molecule has 2 saturated carbocycles. The zero-order valence-corrected chi connectivity index (χ0v) is 13.6. The predicted octanol–water partition coefficient (Wildman–Crippen LogP) is 4.56. The molecule has 0 radical (unpaired) electrons. The van der Waals surface area contributed by atoms with Crippen LogP contribution in [0.15, 0.2) is 24.3 Å². The monoisotopic (exact) mass is 287 g/mol. The minimum atomic E-state index is 0.440. The molecule has 2 fully saturated rings. The van der Waals surface area contributed by atoms with Crippen LogP contribution in [0.2, 0.25) is 0 Å². The molecular weight excluding hydrogens is 258 g/mol. The SMILES string of the molecule is CC(C)COc1ccc(C(C)NC(C2CC2)C2CC2)cc1. The summed E-state index contributed by atoms with van der Waals surface area (Å²) in [5, 5.41) is 3.89. The van der Waals surface area contributed by atoms with E-state index < -0.39 is 0 Å². The summed E-state index contributed by atoms with van der Waals surface area (Å²) in [5.41, 5.74) is 1.37. The van der Waals surface area contributed by atoms with Gasteiger partial charge in [-0.15, -0.1) is 0 Å². The maximum Gasteiger partial charge on any atom is 0.119 e. The largest absolute Gasteiger partial charge is 0.493 e. The first-order valence-corrected chi connectivity index (χ1v) is 8.62. The van der Waals surface area contributed by atoms with Crippen molar-refractivity contribution >= 4 is 0 Å². The van der Waals surface area contributed by atoms with Crippen molar-refractivity contribution in [1.82, 2.24) is 5.32 Å². The number of rotatable bonds is 8. The molecule has 21 heavy (non-hydrogen) atoms.